The molecule has 15 heteroatoms. The Morgan fingerprint density at radius 3 is 2.61 bits per heavy atom. The number of carbonyl (C=O) groups is 1. The van der Waals surface area contributed by atoms with E-state index in [0.29, 0.717) is 26.0 Å². The van der Waals surface area contributed by atoms with Crippen molar-refractivity contribution in [3.8, 4) is 22.8 Å². The summed E-state index contributed by atoms with van der Waals surface area (Å²) in [6.45, 7) is -3.02. The Hall–Kier alpha value is -4.04. The Morgan fingerprint density at radius 1 is 1.11 bits per heavy atom. The largest absolute Gasteiger partial charge is 0.497 e. The Balaban J connectivity index is 1.53. The van der Waals surface area contributed by atoms with Crippen molar-refractivity contribution >= 4 is 49.8 Å². The van der Waals surface area contributed by atoms with Gasteiger partial charge in [-0.15, -0.1) is 0 Å². The molecule has 0 saturated carbocycles. The second kappa shape index (κ2) is 9.68. The Bertz CT molecular complexity index is 1690. The average molecular weight is 570 g/mol. The van der Waals surface area contributed by atoms with Gasteiger partial charge in [0.05, 0.1) is 23.0 Å². The zero-order valence-electron chi connectivity index (χ0n) is 18.9. The van der Waals surface area contributed by atoms with E-state index in [2.05, 4.69) is 25.1 Å². The molecule has 0 unspecified atom stereocenters. The van der Waals surface area contributed by atoms with Crippen molar-refractivity contribution in [2.45, 2.75) is 12.8 Å². The molecule has 5 rings (SSSR count). The van der Waals surface area contributed by atoms with E-state index in [9.17, 15) is 26.7 Å². The summed E-state index contributed by atoms with van der Waals surface area (Å²) in [5, 5.41) is 5.83. The molecule has 8 nitrogen and oxygen atoms in total. The predicted octanol–water partition coefficient (Wildman–Crippen LogP) is 6.54. The first-order valence-electron chi connectivity index (χ1n) is 10.5. The van der Waals surface area contributed by atoms with E-state index < -0.39 is 35.1 Å². The van der Waals surface area contributed by atoms with Crippen molar-refractivity contribution in [1.82, 2.24) is 19.6 Å². The molecule has 0 aliphatic heterocycles. The molecule has 0 aliphatic rings. The van der Waals surface area contributed by atoms with E-state index in [1.54, 1.807) is 18.2 Å². The highest BCUT2D eigenvalue weighted by Gasteiger charge is 2.37. The molecule has 0 atom stereocenters. The Morgan fingerprint density at radius 2 is 1.89 bits per heavy atom. The number of rotatable bonds is 6. The highest BCUT2D eigenvalue weighted by Crippen LogP contribution is 2.36. The molecule has 0 spiro atoms. The van der Waals surface area contributed by atoms with Gasteiger partial charge in [0.15, 0.2) is 22.2 Å². The summed E-state index contributed by atoms with van der Waals surface area (Å²) in [4.78, 5) is 21.3. The van der Waals surface area contributed by atoms with Crippen LogP contribution in [0.4, 0.5) is 27.1 Å². The van der Waals surface area contributed by atoms with Crippen LogP contribution in [0, 0.1) is 0 Å². The molecular formula is C23H13ClF5N5O3S. The van der Waals surface area contributed by atoms with E-state index in [4.69, 9.17) is 16.3 Å². The number of nitrogens with zero attached hydrogens (tertiary/aromatic N) is 4. The van der Waals surface area contributed by atoms with E-state index in [1.807, 2.05) is 0 Å². The number of anilines is 1. The lowest BCUT2D eigenvalue weighted by molar-refractivity contribution is -0.142. The number of halogens is 6. The fourth-order valence-corrected chi connectivity index (χ4v) is 4.70. The molecule has 3 aromatic heterocycles. The van der Waals surface area contributed by atoms with Gasteiger partial charge in [-0.1, -0.05) is 35.1 Å². The molecule has 2 aromatic carbocycles. The molecule has 0 fully saturated rings. The predicted molar refractivity (Wildman–Crippen MR) is 129 cm³/mol. The zero-order chi connectivity index (χ0) is 27.2. The number of benzene rings is 2. The van der Waals surface area contributed by atoms with E-state index in [0.717, 1.165) is 17.4 Å². The number of fused-ring (bicyclic) bond motifs is 2. The third-order valence-corrected chi connectivity index (χ3v) is 6.49. The van der Waals surface area contributed by atoms with Crippen molar-refractivity contribution < 1.29 is 36.2 Å². The van der Waals surface area contributed by atoms with Gasteiger partial charge in [-0.2, -0.15) is 27.1 Å². The molecule has 3 heterocycles. The van der Waals surface area contributed by atoms with Gasteiger partial charge in [-0.05, 0) is 36.4 Å². The Labute approximate surface area is 218 Å². The number of nitrogens with one attached hydrogen (secondary N) is 1. The molecular weight excluding hydrogens is 557 g/mol. The molecule has 0 radical (unpaired) electrons. The number of amides is 1. The summed E-state index contributed by atoms with van der Waals surface area (Å²) in [6, 6.07) is 11.1. The van der Waals surface area contributed by atoms with Crippen molar-refractivity contribution in [3.05, 3.63) is 64.9 Å². The van der Waals surface area contributed by atoms with Crippen LogP contribution in [0.15, 0.2) is 48.5 Å². The van der Waals surface area contributed by atoms with Gasteiger partial charge < -0.3 is 9.47 Å². The van der Waals surface area contributed by atoms with Gasteiger partial charge >= 0.3 is 12.8 Å². The van der Waals surface area contributed by atoms with E-state index in [-0.39, 0.29) is 22.2 Å². The van der Waals surface area contributed by atoms with Crippen molar-refractivity contribution in [2.75, 3.05) is 12.4 Å². The first-order valence-corrected chi connectivity index (χ1v) is 11.7. The van der Waals surface area contributed by atoms with Gasteiger partial charge in [0.25, 0.3) is 5.91 Å². The molecule has 1 N–H and O–H groups in total. The van der Waals surface area contributed by atoms with Crippen molar-refractivity contribution in [2.24, 2.45) is 0 Å². The molecule has 1 amide bonds. The SMILES string of the molecule is COc1cccc(-c2cc(C(F)(F)F)n3nc(C(=O)Nc4nc5ccc(OC(F)F)cc5s4)c(Cl)c3n2)c1. The molecule has 0 aliphatic carbocycles. The second-order valence-electron chi connectivity index (χ2n) is 7.64. The molecule has 5 aromatic rings. The fraction of sp³-hybridized carbons (Fsp3) is 0.130. The summed E-state index contributed by atoms with van der Waals surface area (Å²) in [6.07, 6.45) is -4.86. The highest BCUT2D eigenvalue weighted by atomic mass is 35.5. The maximum atomic E-state index is 14.0. The summed E-state index contributed by atoms with van der Waals surface area (Å²) < 4.78 is 77.2. The first kappa shape index (κ1) is 25.6. The van der Waals surface area contributed by atoms with Crippen LogP contribution < -0.4 is 14.8 Å². The summed E-state index contributed by atoms with van der Waals surface area (Å²) in [5.41, 5.74) is -1.48. The topological polar surface area (TPSA) is 90.6 Å². The van der Waals surface area contributed by atoms with Crippen molar-refractivity contribution in [3.63, 3.8) is 0 Å². The normalized spacial score (nSPS) is 11.9. The number of methoxy groups -OCH3 is 1. The minimum atomic E-state index is -4.86. The van der Waals surface area contributed by atoms with Crippen LogP contribution in [0.2, 0.25) is 5.02 Å². The number of aromatic nitrogens is 4. The fourth-order valence-electron chi connectivity index (χ4n) is 3.56. The minimum Gasteiger partial charge on any atom is -0.497 e. The van der Waals surface area contributed by atoms with Gasteiger partial charge in [0.1, 0.15) is 16.5 Å². The molecule has 196 valence electrons. The van der Waals surface area contributed by atoms with Crippen LogP contribution in [-0.4, -0.2) is 39.2 Å². The van der Waals surface area contributed by atoms with Crippen LogP contribution >= 0.6 is 22.9 Å². The zero-order valence-corrected chi connectivity index (χ0v) is 20.5. The van der Waals surface area contributed by atoms with E-state index >= 15 is 0 Å². The summed E-state index contributed by atoms with van der Waals surface area (Å²) >= 11 is 7.23. The number of hydrogen-bond donors (Lipinski definition) is 1. The van der Waals surface area contributed by atoms with Crippen LogP contribution in [-0.2, 0) is 6.18 Å². The average Bonchev–Trinajstić information content (AvgIpc) is 3.42. The van der Waals surface area contributed by atoms with Crippen molar-refractivity contribution in [1.29, 1.82) is 0 Å². The lowest BCUT2D eigenvalue weighted by Gasteiger charge is -2.11. The van der Waals surface area contributed by atoms with E-state index in [1.165, 1.54) is 31.4 Å². The summed E-state index contributed by atoms with van der Waals surface area (Å²) in [5.74, 6) is -0.643. The van der Waals surface area contributed by atoms with Crippen LogP contribution in [0.25, 0.3) is 27.1 Å². The lowest BCUT2D eigenvalue weighted by Crippen LogP contribution is -2.15. The standard InChI is InChI=1S/C23H13ClF5N5O3S/c1-36-11-4-2-3-10(7-11)14-9-16(23(27,28)29)34-19(30-14)17(24)18(33-34)20(35)32-22-31-13-6-5-12(37-21(25)26)8-15(13)38-22/h2-9,21H,1H3,(H,31,32,35). The lowest BCUT2D eigenvalue weighted by atomic mass is 10.1. The summed E-state index contributed by atoms with van der Waals surface area (Å²) in [7, 11) is 1.41. The third-order valence-electron chi connectivity index (χ3n) is 5.21. The second-order valence-corrected chi connectivity index (χ2v) is 9.04. The monoisotopic (exact) mass is 569 g/mol. The number of hydrogen-bond acceptors (Lipinski definition) is 7. The van der Waals surface area contributed by atoms with Crippen LogP contribution in [0.5, 0.6) is 11.5 Å². The minimum absolute atomic E-state index is 0.0355. The van der Waals surface area contributed by atoms with Gasteiger partial charge in [0.2, 0.25) is 0 Å². The van der Waals surface area contributed by atoms with Crippen LogP contribution in [0.3, 0.4) is 0 Å². The number of alkyl halides is 5. The number of carbonyl (C=O) groups excluding carboxylic acids is 1. The molecule has 0 saturated heterocycles. The Kier molecular flexibility index (Phi) is 6.53. The first-order chi connectivity index (χ1) is 18.0. The quantitative estimate of drug-likeness (QED) is 0.234. The molecule has 0 bridgehead atoms. The molecule has 38 heavy (non-hydrogen) atoms. The maximum Gasteiger partial charge on any atom is 0.433 e. The number of thiazole rings is 1. The highest BCUT2D eigenvalue weighted by molar-refractivity contribution is 7.22. The smallest absolute Gasteiger partial charge is 0.433 e. The van der Waals surface area contributed by atoms with Gasteiger partial charge in [-0.25, -0.2) is 14.5 Å². The number of ether oxygens (including phenoxy) is 2. The van der Waals surface area contributed by atoms with Gasteiger partial charge in [0, 0.05) is 5.56 Å². The van der Waals surface area contributed by atoms with Crippen LogP contribution in [0.1, 0.15) is 16.2 Å². The third kappa shape index (κ3) is 4.91. The van der Waals surface area contributed by atoms with Gasteiger partial charge in [-0.3, -0.25) is 10.1 Å². The maximum absolute atomic E-state index is 14.0.